The number of amides is 2. The fraction of sp³-hybridized carbons (Fsp3) is 0.440. The monoisotopic (exact) mass is 478 g/mol. The van der Waals surface area contributed by atoms with Gasteiger partial charge in [0.1, 0.15) is 11.8 Å². The van der Waals surface area contributed by atoms with Crippen molar-refractivity contribution in [3.8, 4) is 5.75 Å². The average molecular weight is 479 g/mol. The summed E-state index contributed by atoms with van der Waals surface area (Å²) >= 11 is 12.4. The Labute approximate surface area is 201 Å². The van der Waals surface area contributed by atoms with Gasteiger partial charge in [-0.3, -0.25) is 9.59 Å². The molecule has 32 heavy (non-hydrogen) atoms. The highest BCUT2D eigenvalue weighted by molar-refractivity contribution is 6.35. The summed E-state index contributed by atoms with van der Waals surface area (Å²) in [5.74, 6) is 0.158. The van der Waals surface area contributed by atoms with E-state index in [2.05, 4.69) is 26.1 Å². The molecule has 1 atom stereocenters. The van der Waals surface area contributed by atoms with E-state index < -0.39 is 6.04 Å². The maximum Gasteiger partial charge on any atom is 0.261 e. The normalized spacial score (nSPS) is 12.2. The van der Waals surface area contributed by atoms with Gasteiger partial charge in [0.25, 0.3) is 5.91 Å². The lowest BCUT2D eigenvalue weighted by atomic mass is 9.86. The van der Waals surface area contributed by atoms with Crippen molar-refractivity contribution in [1.29, 1.82) is 0 Å². The Morgan fingerprint density at radius 1 is 1.09 bits per heavy atom. The van der Waals surface area contributed by atoms with Crippen LogP contribution in [-0.4, -0.2) is 35.9 Å². The predicted molar refractivity (Wildman–Crippen MR) is 130 cm³/mol. The van der Waals surface area contributed by atoms with Crippen LogP contribution >= 0.6 is 23.2 Å². The molecule has 2 rings (SSSR count). The van der Waals surface area contributed by atoms with Crippen LogP contribution in [0.5, 0.6) is 5.75 Å². The predicted octanol–water partition coefficient (Wildman–Crippen LogP) is 5.61. The minimum atomic E-state index is -0.643. The number of para-hydroxylation sites is 1. The summed E-state index contributed by atoms with van der Waals surface area (Å²) < 4.78 is 5.95. The zero-order chi connectivity index (χ0) is 23.9. The van der Waals surface area contributed by atoms with Gasteiger partial charge >= 0.3 is 0 Å². The SMILES string of the molecule is CCNC(=O)[C@@H](CC)N(Cc1ccc(Cl)cc1Cl)C(=O)COc1ccccc1C(C)(C)C. The molecule has 2 aromatic carbocycles. The van der Waals surface area contributed by atoms with Gasteiger partial charge in [-0.15, -0.1) is 0 Å². The number of hydrogen-bond donors (Lipinski definition) is 1. The largest absolute Gasteiger partial charge is 0.483 e. The number of nitrogens with one attached hydrogen (secondary N) is 1. The van der Waals surface area contributed by atoms with Crippen LogP contribution in [0.1, 0.15) is 52.2 Å². The van der Waals surface area contributed by atoms with Crippen LogP contribution in [0.3, 0.4) is 0 Å². The Balaban J connectivity index is 2.30. The number of carbonyl (C=O) groups is 2. The van der Waals surface area contributed by atoms with E-state index in [9.17, 15) is 9.59 Å². The van der Waals surface area contributed by atoms with E-state index in [4.69, 9.17) is 27.9 Å². The highest BCUT2D eigenvalue weighted by Gasteiger charge is 2.29. The number of rotatable bonds is 9. The Morgan fingerprint density at radius 3 is 2.38 bits per heavy atom. The van der Waals surface area contributed by atoms with Crippen molar-refractivity contribution in [2.45, 2.75) is 59.0 Å². The Bertz CT molecular complexity index is 941. The van der Waals surface area contributed by atoms with Crippen LogP contribution < -0.4 is 10.1 Å². The first-order valence-electron chi connectivity index (χ1n) is 10.8. The number of hydrogen-bond acceptors (Lipinski definition) is 3. The number of nitrogens with zero attached hydrogens (tertiary/aromatic N) is 1. The molecule has 0 aliphatic rings. The van der Waals surface area contributed by atoms with Gasteiger partial charge in [-0.2, -0.15) is 0 Å². The first kappa shape index (κ1) is 26.0. The maximum atomic E-state index is 13.3. The molecule has 7 heteroatoms. The lowest BCUT2D eigenvalue weighted by Gasteiger charge is -2.31. The Hall–Kier alpha value is -2.24. The van der Waals surface area contributed by atoms with Crippen molar-refractivity contribution in [3.63, 3.8) is 0 Å². The Kier molecular flexibility index (Phi) is 9.41. The van der Waals surface area contributed by atoms with E-state index in [-0.39, 0.29) is 30.4 Å². The third-order valence-electron chi connectivity index (χ3n) is 5.14. The smallest absolute Gasteiger partial charge is 0.261 e. The van der Waals surface area contributed by atoms with Crippen molar-refractivity contribution in [3.05, 3.63) is 63.6 Å². The molecule has 1 N–H and O–H groups in total. The Morgan fingerprint density at radius 2 is 1.78 bits per heavy atom. The zero-order valence-corrected chi connectivity index (χ0v) is 20.9. The van der Waals surface area contributed by atoms with Crippen molar-refractivity contribution < 1.29 is 14.3 Å². The molecule has 0 saturated carbocycles. The minimum absolute atomic E-state index is 0.136. The molecule has 0 heterocycles. The molecular weight excluding hydrogens is 447 g/mol. The van der Waals surface area contributed by atoms with Crippen LogP contribution in [0.4, 0.5) is 0 Å². The van der Waals surface area contributed by atoms with Crippen LogP contribution in [0, 0.1) is 0 Å². The molecule has 5 nitrogen and oxygen atoms in total. The average Bonchev–Trinajstić information content (AvgIpc) is 2.73. The van der Waals surface area contributed by atoms with Crippen molar-refractivity contribution >= 4 is 35.0 Å². The lowest BCUT2D eigenvalue weighted by molar-refractivity contribution is -0.142. The summed E-state index contributed by atoms with van der Waals surface area (Å²) in [7, 11) is 0. The molecule has 2 aromatic rings. The third kappa shape index (κ3) is 6.88. The molecule has 0 aliphatic heterocycles. The second-order valence-corrected chi connectivity index (χ2v) is 9.45. The number of benzene rings is 2. The third-order valence-corrected chi connectivity index (χ3v) is 5.73. The summed E-state index contributed by atoms with van der Waals surface area (Å²) in [6, 6.07) is 12.2. The number of halogens is 2. The van der Waals surface area contributed by atoms with Crippen LogP contribution in [-0.2, 0) is 21.5 Å². The zero-order valence-electron chi connectivity index (χ0n) is 19.4. The van der Waals surface area contributed by atoms with Gasteiger partial charge in [0.2, 0.25) is 5.91 Å². The molecule has 0 bridgehead atoms. The van der Waals surface area contributed by atoms with E-state index in [1.807, 2.05) is 38.1 Å². The van der Waals surface area contributed by atoms with E-state index >= 15 is 0 Å². The van der Waals surface area contributed by atoms with Crippen molar-refractivity contribution in [1.82, 2.24) is 10.2 Å². The fourth-order valence-corrected chi connectivity index (χ4v) is 3.95. The molecule has 2 amide bonds. The second kappa shape index (κ2) is 11.6. The first-order chi connectivity index (χ1) is 15.1. The van der Waals surface area contributed by atoms with Gasteiger partial charge in [0.05, 0.1) is 0 Å². The van der Waals surface area contributed by atoms with Crippen molar-refractivity contribution in [2.24, 2.45) is 0 Å². The summed E-state index contributed by atoms with van der Waals surface area (Å²) in [5.41, 5.74) is 1.58. The van der Waals surface area contributed by atoms with Crippen molar-refractivity contribution in [2.75, 3.05) is 13.2 Å². The standard InChI is InChI=1S/C25H32Cl2N2O3/c1-6-21(24(31)28-7-2)29(15-17-12-13-18(26)14-20(17)27)23(30)16-32-22-11-9-8-10-19(22)25(3,4)5/h8-14,21H,6-7,15-16H2,1-5H3,(H,28,31)/t21-/m1/s1. The molecular formula is C25H32Cl2N2O3. The molecule has 0 unspecified atom stereocenters. The van der Waals surface area contributed by atoms with Gasteiger partial charge < -0.3 is 15.0 Å². The van der Waals surface area contributed by atoms with Gasteiger partial charge in [-0.05, 0) is 48.1 Å². The fourth-order valence-electron chi connectivity index (χ4n) is 3.48. The van der Waals surface area contributed by atoms with Crippen LogP contribution in [0.2, 0.25) is 10.0 Å². The molecule has 0 aliphatic carbocycles. The molecule has 174 valence electrons. The summed E-state index contributed by atoms with van der Waals surface area (Å²) in [5, 5.41) is 3.77. The van der Waals surface area contributed by atoms with E-state index in [1.54, 1.807) is 18.2 Å². The first-order valence-corrected chi connectivity index (χ1v) is 11.6. The van der Waals surface area contributed by atoms with Gasteiger partial charge in [-0.25, -0.2) is 0 Å². The highest BCUT2D eigenvalue weighted by Crippen LogP contribution is 2.31. The lowest BCUT2D eigenvalue weighted by Crippen LogP contribution is -2.50. The number of likely N-dealkylation sites (N-methyl/N-ethyl adjacent to an activating group) is 1. The van der Waals surface area contributed by atoms with Crippen LogP contribution in [0.25, 0.3) is 0 Å². The second-order valence-electron chi connectivity index (χ2n) is 8.61. The van der Waals surface area contributed by atoms with Crippen LogP contribution in [0.15, 0.2) is 42.5 Å². The van der Waals surface area contributed by atoms with Gasteiger partial charge in [0.15, 0.2) is 6.61 Å². The number of ether oxygens (including phenoxy) is 1. The maximum absolute atomic E-state index is 13.3. The summed E-state index contributed by atoms with van der Waals surface area (Å²) in [6.45, 7) is 10.5. The minimum Gasteiger partial charge on any atom is -0.483 e. The summed E-state index contributed by atoms with van der Waals surface area (Å²) in [6.07, 6.45) is 0.460. The number of carbonyl (C=O) groups excluding carboxylic acids is 2. The molecule has 0 fully saturated rings. The van der Waals surface area contributed by atoms with E-state index in [0.29, 0.717) is 34.3 Å². The van der Waals surface area contributed by atoms with E-state index in [0.717, 1.165) is 5.56 Å². The van der Waals surface area contributed by atoms with Gasteiger partial charge in [-0.1, -0.05) is 75.2 Å². The topological polar surface area (TPSA) is 58.6 Å². The molecule has 0 radical (unpaired) electrons. The van der Waals surface area contributed by atoms with Gasteiger partial charge in [0, 0.05) is 23.1 Å². The molecule has 0 spiro atoms. The summed E-state index contributed by atoms with van der Waals surface area (Å²) in [4.78, 5) is 27.6. The highest BCUT2D eigenvalue weighted by atomic mass is 35.5. The molecule has 0 aromatic heterocycles. The molecule has 0 saturated heterocycles. The quantitative estimate of drug-likeness (QED) is 0.509. The van der Waals surface area contributed by atoms with E-state index in [1.165, 1.54) is 4.90 Å².